The predicted molar refractivity (Wildman–Crippen MR) is 222 cm³/mol. The van der Waals surface area contributed by atoms with Crippen LogP contribution >= 0.6 is 0 Å². The SMILES string of the molecule is COCOC[C@H]1O[C@@H](C#CC#C[C@H]2[C@H](O)[C@@H](O[Si](C(C)C)(C(C)C)C(C)C)[C@H](C#C[Si](C)(C)C)O[C@@H]2CO)[C@H](OCOC)[C@@H](OCOC)[C@@H]1C#C[Si](C)(C)C. The zero-order valence-electron chi connectivity index (χ0n) is 36.1. The Kier molecular flexibility index (Phi) is 20.9. The van der Waals surface area contributed by atoms with E-state index >= 15 is 0 Å². The second-order valence-electron chi connectivity index (χ2n) is 17.2. The Labute approximate surface area is 335 Å². The molecule has 0 radical (unpaired) electrons. The third kappa shape index (κ3) is 14.7. The van der Waals surface area contributed by atoms with E-state index in [0.29, 0.717) is 0 Å². The van der Waals surface area contributed by atoms with Gasteiger partial charge in [-0.05, 0) is 28.5 Å². The lowest BCUT2D eigenvalue weighted by Gasteiger charge is -2.49. The maximum absolute atomic E-state index is 12.1. The Morgan fingerprint density at radius 1 is 0.600 bits per heavy atom. The van der Waals surface area contributed by atoms with E-state index in [4.69, 9.17) is 42.3 Å². The number of rotatable bonds is 16. The molecule has 2 rings (SSSR count). The van der Waals surface area contributed by atoms with Gasteiger partial charge in [-0.15, -0.1) is 17.0 Å². The van der Waals surface area contributed by atoms with E-state index in [-0.39, 0.29) is 50.2 Å². The van der Waals surface area contributed by atoms with Crippen molar-refractivity contribution in [1.29, 1.82) is 0 Å². The number of hydrogen-bond acceptors (Lipinski definition) is 11. The van der Waals surface area contributed by atoms with Crippen LogP contribution in [0.4, 0.5) is 0 Å². The van der Waals surface area contributed by atoms with Crippen molar-refractivity contribution in [3.05, 3.63) is 0 Å². The van der Waals surface area contributed by atoms with Gasteiger partial charge in [-0.3, -0.25) is 0 Å². The molecule has 2 saturated heterocycles. The lowest BCUT2D eigenvalue weighted by molar-refractivity contribution is -0.246. The lowest BCUT2D eigenvalue weighted by Crippen LogP contribution is -2.61. The largest absolute Gasteiger partial charge is 0.407 e. The van der Waals surface area contributed by atoms with Crippen molar-refractivity contribution < 1.29 is 52.5 Å². The van der Waals surface area contributed by atoms with E-state index in [1.165, 1.54) is 7.11 Å². The van der Waals surface area contributed by atoms with Crippen LogP contribution in [-0.2, 0) is 42.3 Å². The van der Waals surface area contributed by atoms with Gasteiger partial charge in [0.25, 0.3) is 0 Å². The summed E-state index contributed by atoms with van der Waals surface area (Å²) in [5.41, 5.74) is 7.66. The van der Waals surface area contributed by atoms with Crippen LogP contribution < -0.4 is 0 Å². The molecule has 0 saturated carbocycles. The number of aliphatic hydroxyl groups excluding tert-OH is 2. The highest BCUT2D eigenvalue weighted by Crippen LogP contribution is 2.45. The number of aliphatic hydroxyl groups is 2. The molecular weight excluding hydrogens is 753 g/mol. The first-order valence-corrected chi connectivity index (χ1v) is 28.5. The van der Waals surface area contributed by atoms with Gasteiger partial charge >= 0.3 is 0 Å². The van der Waals surface area contributed by atoms with Crippen molar-refractivity contribution in [2.75, 3.05) is 54.9 Å². The number of hydrogen-bond donors (Lipinski definition) is 2. The molecule has 0 bridgehead atoms. The molecule has 11 nitrogen and oxygen atoms in total. The van der Waals surface area contributed by atoms with Crippen LogP contribution in [0.15, 0.2) is 0 Å². The molecule has 0 amide bonds. The molecule has 2 fully saturated rings. The van der Waals surface area contributed by atoms with Gasteiger partial charge in [0.2, 0.25) is 8.32 Å². The van der Waals surface area contributed by atoms with Gasteiger partial charge in [0.15, 0.2) is 0 Å². The Balaban J connectivity index is 2.64. The predicted octanol–water partition coefficient (Wildman–Crippen LogP) is 5.03. The molecule has 312 valence electrons. The summed E-state index contributed by atoms with van der Waals surface area (Å²) in [6, 6.07) is 0. The molecule has 55 heavy (non-hydrogen) atoms. The monoisotopic (exact) mass is 822 g/mol. The first kappa shape index (κ1) is 49.6. The minimum atomic E-state index is -2.49. The van der Waals surface area contributed by atoms with Crippen LogP contribution in [0, 0.1) is 58.4 Å². The van der Waals surface area contributed by atoms with Crippen LogP contribution in [0.2, 0.25) is 55.9 Å². The van der Waals surface area contributed by atoms with Crippen molar-refractivity contribution >= 4 is 24.5 Å². The number of methoxy groups -OCH3 is 3. The van der Waals surface area contributed by atoms with Gasteiger partial charge in [-0.1, -0.05) is 98.6 Å². The third-order valence-electron chi connectivity index (χ3n) is 9.61. The topological polar surface area (TPSA) is 124 Å². The fourth-order valence-corrected chi connectivity index (χ4v) is 14.0. The summed E-state index contributed by atoms with van der Waals surface area (Å²) in [7, 11) is -1.45. The van der Waals surface area contributed by atoms with E-state index in [1.54, 1.807) is 14.2 Å². The van der Waals surface area contributed by atoms with E-state index < -0.39 is 85.1 Å². The molecule has 10 atom stereocenters. The van der Waals surface area contributed by atoms with E-state index in [2.05, 4.69) is 127 Å². The highest BCUT2D eigenvalue weighted by Gasteiger charge is 2.53. The Bertz CT molecular complexity index is 1390. The fourth-order valence-electron chi connectivity index (χ4n) is 7.29. The molecule has 2 heterocycles. The van der Waals surface area contributed by atoms with Crippen LogP contribution in [0.5, 0.6) is 0 Å². The Morgan fingerprint density at radius 2 is 1.09 bits per heavy atom. The van der Waals surface area contributed by atoms with Crippen molar-refractivity contribution in [2.24, 2.45) is 11.8 Å². The first-order valence-electron chi connectivity index (χ1n) is 19.4. The van der Waals surface area contributed by atoms with Crippen LogP contribution in [-0.4, -0.2) is 138 Å². The molecule has 0 aromatic carbocycles. The molecule has 0 aromatic heterocycles. The van der Waals surface area contributed by atoms with Gasteiger partial charge in [-0.25, -0.2) is 0 Å². The standard InChI is InChI=1S/C41H70O11Si3/c1-29(2)55(30(3)4,31(5)6)52-40-35(21-23-54(13,14)15)50-36(24-42)32(38(40)43)18-16-17-19-34-41(49-28-46-9)39(48-27-45-8)33(20-22-53(10,11)12)37(51-34)25-47-26-44-7/h29-43H,24-28H2,1-15H3/t32-,33-,34+,35+,36-,37-,38+,39+,40+,41+/m1/s1. The smallest absolute Gasteiger partial charge is 0.201 e. The second-order valence-corrected chi connectivity index (χ2v) is 32.2. The van der Waals surface area contributed by atoms with Crippen molar-refractivity contribution in [1.82, 2.24) is 0 Å². The Hall–Kier alpha value is -1.55. The van der Waals surface area contributed by atoms with Gasteiger partial charge in [-0.2, -0.15) is 0 Å². The summed E-state index contributed by atoms with van der Waals surface area (Å²) in [6.45, 7) is 26.0. The highest BCUT2D eigenvalue weighted by molar-refractivity contribution is 6.84. The fraction of sp³-hybridized carbons (Fsp3) is 0.805. The molecule has 2 aliphatic rings. The molecule has 0 aromatic rings. The molecule has 2 aliphatic heterocycles. The first-order chi connectivity index (χ1) is 25.8. The quantitative estimate of drug-likeness (QED) is 0.0944. The molecule has 14 heteroatoms. The molecular formula is C41H70O11Si3. The van der Waals surface area contributed by atoms with Gasteiger partial charge < -0.3 is 52.5 Å². The zero-order valence-corrected chi connectivity index (χ0v) is 39.1. The maximum Gasteiger partial charge on any atom is 0.201 e. The van der Waals surface area contributed by atoms with Crippen molar-refractivity contribution in [3.8, 4) is 46.6 Å². The van der Waals surface area contributed by atoms with Crippen LogP contribution in [0.25, 0.3) is 0 Å². The molecule has 2 N–H and O–H groups in total. The molecule has 0 unspecified atom stereocenters. The van der Waals surface area contributed by atoms with Gasteiger partial charge in [0.05, 0.1) is 43.4 Å². The molecule has 0 spiro atoms. The van der Waals surface area contributed by atoms with E-state index in [9.17, 15) is 10.2 Å². The summed E-state index contributed by atoms with van der Waals surface area (Å²) in [5, 5.41) is 22.6. The molecule has 0 aliphatic carbocycles. The second kappa shape index (κ2) is 23.1. The third-order valence-corrected chi connectivity index (χ3v) is 17.5. The summed E-state index contributed by atoms with van der Waals surface area (Å²) in [6.07, 6.45) is -6.06. The minimum absolute atomic E-state index is 0.00251. The summed E-state index contributed by atoms with van der Waals surface area (Å²) in [4.78, 5) is 0. The van der Waals surface area contributed by atoms with Crippen molar-refractivity contribution in [2.45, 2.75) is 146 Å². The Morgan fingerprint density at radius 3 is 1.60 bits per heavy atom. The van der Waals surface area contributed by atoms with Gasteiger partial charge in [0, 0.05) is 21.3 Å². The van der Waals surface area contributed by atoms with Gasteiger partial charge in [0.1, 0.15) is 67.0 Å². The van der Waals surface area contributed by atoms with Crippen LogP contribution in [0.1, 0.15) is 41.5 Å². The zero-order chi connectivity index (χ0) is 41.6. The average molecular weight is 823 g/mol. The highest BCUT2D eigenvalue weighted by atomic mass is 28.4. The summed E-state index contributed by atoms with van der Waals surface area (Å²) in [5.74, 6) is 17.6. The van der Waals surface area contributed by atoms with Crippen LogP contribution in [0.3, 0.4) is 0 Å². The lowest BCUT2D eigenvalue weighted by atomic mass is 9.87. The van der Waals surface area contributed by atoms with E-state index in [0.717, 1.165) is 0 Å². The van der Waals surface area contributed by atoms with Crippen molar-refractivity contribution in [3.63, 3.8) is 0 Å². The summed E-state index contributed by atoms with van der Waals surface area (Å²) >= 11 is 0. The minimum Gasteiger partial charge on any atom is -0.407 e. The summed E-state index contributed by atoms with van der Waals surface area (Å²) < 4.78 is 54.0. The maximum atomic E-state index is 12.1. The number of ether oxygens (including phenoxy) is 8. The van der Waals surface area contributed by atoms with E-state index in [1.807, 2.05) is 0 Å². The average Bonchev–Trinajstić information content (AvgIpc) is 3.09. The normalized spacial score (nSPS) is 28.7.